The summed E-state index contributed by atoms with van der Waals surface area (Å²) in [5, 5.41) is 8.00. The van der Waals surface area contributed by atoms with Crippen molar-refractivity contribution in [2.24, 2.45) is 0 Å². The summed E-state index contributed by atoms with van der Waals surface area (Å²) in [6.07, 6.45) is 2.71. The van der Waals surface area contributed by atoms with Crippen LogP contribution in [-0.2, 0) is 6.54 Å². The summed E-state index contributed by atoms with van der Waals surface area (Å²) >= 11 is 9.48. The summed E-state index contributed by atoms with van der Waals surface area (Å²) in [6, 6.07) is 7.73. The Labute approximate surface area is 125 Å². The van der Waals surface area contributed by atoms with Gasteiger partial charge >= 0.3 is 0 Å². The normalized spacial score (nSPS) is 12.4. The maximum absolute atomic E-state index is 6.10. The first-order valence-electron chi connectivity index (χ1n) is 6.11. The monoisotopic (exact) mass is 343 g/mol. The highest BCUT2D eigenvalue weighted by atomic mass is 79.9. The second kappa shape index (κ2) is 6.91. The molecule has 0 saturated carbocycles. The van der Waals surface area contributed by atoms with E-state index in [1.807, 2.05) is 37.4 Å². The lowest BCUT2D eigenvalue weighted by Crippen LogP contribution is -2.08. The minimum absolute atomic E-state index is 0.0684. The summed E-state index contributed by atoms with van der Waals surface area (Å²) in [5.41, 5.74) is 0.813. The number of benzene rings is 1. The molecular formula is C13H15BrClN3O. The highest BCUT2D eigenvalue weighted by molar-refractivity contribution is 9.10. The van der Waals surface area contributed by atoms with Crippen molar-refractivity contribution in [3.05, 3.63) is 40.6 Å². The fraction of sp³-hybridized carbons (Fsp3) is 0.385. The summed E-state index contributed by atoms with van der Waals surface area (Å²) in [7, 11) is 0. The lowest BCUT2D eigenvalue weighted by molar-refractivity contribution is 0.289. The first kappa shape index (κ1) is 14.3. The van der Waals surface area contributed by atoms with E-state index in [9.17, 15) is 0 Å². The zero-order valence-electron chi connectivity index (χ0n) is 10.6. The van der Waals surface area contributed by atoms with Crippen molar-refractivity contribution in [2.75, 3.05) is 6.61 Å². The van der Waals surface area contributed by atoms with E-state index in [2.05, 4.69) is 26.2 Å². The van der Waals surface area contributed by atoms with Crippen LogP contribution in [0, 0.1) is 0 Å². The predicted molar refractivity (Wildman–Crippen MR) is 78.5 cm³/mol. The van der Waals surface area contributed by atoms with Gasteiger partial charge in [0, 0.05) is 4.47 Å². The van der Waals surface area contributed by atoms with Gasteiger partial charge < -0.3 is 4.74 Å². The van der Waals surface area contributed by atoms with E-state index in [1.165, 1.54) is 0 Å². The van der Waals surface area contributed by atoms with E-state index >= 15 is 0 Å². The molecule has 0 aliphatic heterocycles. The summed E-state index contributed by atoms with van der Waals surface area (Å²) in [5.74, 6) is 0.840. The van der Waals surface area contributed by atoms with Crippen LogP contribution in [0.3, 0.4) is 0 Å². The number of halogens is 2. The van der Waals surface area contributed by atoms with Gasteiger partial charge in [-0.3, -0.25) is 0 Å². The maximum Gasteiger partial charge on any atom is 0.119 e. The van der Waals surface area contributed by atoms with E-state index in [-0.39, 0.29) is 5.38 Å². The third-order valence-electron chi connectivity index (χ3n) is 2.64. The average Bonchev–Trinajstić information content (AvgIpc) is 2.89. The quantitative estimate of drug-likeness (QED) is 0.748. The van der Waals surface area contributed by atoms with Crippen LogP contribution < -0.4 is 4.74 Å². The van der Waals surface area contributed by atoms with Crippen molar-refractivity contribution in [1.82, 2.24) is 15.0 Å². The molecule has 1 aromatic carbocycles. The second-order valence-corrected chi connectivity index (χ2v) is 5.53. The van der Waals surface area contributed by atoms with Crippen LogP contribution in [0.15, 0.2) is 34.9 Å². The Morgan fingerprint density at radius 3 is 2.79 bits per heavy atom. The lowest BCUT2D eigenvalue weighted by Gasteiger charge is -2.05. The summed E-state index contributed by atoms with van der Waals surface area (Å²) < 4.78 is 8.40. The molecular weight excluding hydrogens is 330 g/mol. The molecule has 0 saturated heterocycles. The fourth-order valence-electron chi connectivity index (χ4n) is 1.56. The Bertz CT molecular complexity index is 515. The molecule has 4 nitrogen and oxygen atoms in total. The molecule has 0 N–H and O–H groups in total. The Morgan fingerprint density at radius 1 is 1.37 bits per heavy atom. The van der Waals surface area contributed by atoms with Crippen LogP contribution in [0.4, 0.5) is 0 Å². The largest absolute Gasteiger partial charge is 0.492 e. The van der Waals surface area contributed by atoms with Crippen molar-refractivity contribution in [3.63, 3.8) is 0 Å². The Balaban J connectivity index is 1.82. The molecule has 1 heterocycles. The molecule has 1 aromatic heterocycles. The zero-order chi connectivity index (χ0) is 13.7. The standard InChI is InChI=1S/C13H15BrClN3O/c1-2-12(15)13-9-18(17-16-13)7-8-19-11-5-3-10(14)4-6-11/h3-6,9,12H,2,7-8H2,1H3. The van der Waals surface area contributed by atoms with E-state index in [0.29, 0.717) is 13.2 Å². The highest BCUT2D eigenvalue weighted by Crippen LogP contribution is 2.20. The van der Waals surface area contributed by atoms with Crippen LogP contribution in [0.1, 0.15) is 24.4 Å². The molecule has 1 unspecified atom stereocenters. The SMILES string of the molecule is CCC(Cl)c1cn(CCOc2ccc(Br)cc2)nn1. The number of ether oxygens (including phenoxy) is 1. The minimum atomic E-state index is -0.0684. The lowest BCUT2D eigenvalue weighted by atomic mass is 10.3. The molecule has 102 valence electrons. The van der Waals surface area contributed by atoms with Gasteiger partial charge in [0.05, 0.1) is 18.1 Å². The van der Waals surface area contributed by atoms with E-state index in [0.717, 1.165) is 22.3 Å². The summed E-state index contributed by atoms with van der Waals surface area (Å²) in [4.78, 5) is 0. The van der Waals surface area contributed by atoms with Crippen molar-refractivity contribution in [2.45, 2.75) is 25.3 Å². The van der Waals surface area contributed by atoms with E-state index in [1.54, 1.807) is 4.68 Å². The van der Waals surface area contributed by atoms with Gasteiger partial charge in [0.25, 0.3) is 0 Å². The van der Waals surface area contributed by atoms with Gasteiger partial charge in [-0.25, -0.2) is 4.68 Å². The van der Waals surface area contributed by atoms with Crippen molar-refractivity contribution in [3.8, 4) is 5.75 Å². The van der Waals surface area contributed by atoms with E-state index in [4.69, 9.17) is 16.3 Å². The zero-order valence-corrected chi connectivity index (χ0v) is 12.9. The average molecular weight is 345 g/mol. The van der Waals surface area contributed by atoms with Gasteiger partial charge in [0.1, 0.15) is 18.1 Å². The Morgan fingerprint density at radius 2 is 2.11 bits per heavy atom. The minimum Gasteiger partial charge on any atom is -0.492 e. The second-order valence-electron chi connectivity index (χ2n) is 4.08. The molecule has 0 aliphatic rings. The molecule has 0 aliphatic carbocycles. The molecule has 2 rings (SSSR count). The molecule has 0 amide bonds. The molecule has 0 radical (unpaired) electrons. The predicted octanol–water partition coefficient (Wildman–Crippen LogP) is 3.81. The highest BCUT2D eigenvalue weighted by Gasteiger charge is 2.09. The topological polar surface area (TPSA) is 39.9 Å². The molecule has 2 aromatic rings. The fourth-order valence-corrected chi connectivity index (χ4v) is 1.93. The van der Waals surface area contributed by atoms with Gasteiger partial charge in [-0.1, -0.05) is 28.1 Å². The number of hydrogen-bond donors (Lipinski definition) is 0. The van der Waals surface area contributed by atoms with Gasteiger partial charge in [0.15, 0.2) is 0 Å². The molecule has 0 bridgehead atoms. The molecule has 0 spiro atoms. The van der Waals surface area contributed by atoms with Gasteiger partial charge in [-0.05, 0) is 30.7 Å². The van der Waals surface area contributed by atoms with Gasteiger partial charge in [-0.2, -0.15) is 0 Å². The molecule has 19 heavy (non-hydrogen) atoms. The summed E-state index contributed by atoms with van der Waals surface area (Å²) in [6.45, 7) is 3.22. The van der Waals surface area contributed by atoms with Crippen LogP contribution in [-0.4, -0.2) is 21.6 Å². The first-order chi connectivity index (χ1) is 9.19. The molecule has 1 atom stereocenters. The van der Waals surface area contributed by atoms with Crippen molar-refractivity contribution in [1.29, 1.82) is 0 Å². The smallest absolute Gasteiger partial charge is 0.119 e. The maximum atomic E-state index is 6.10. The van der Waals surface area contributed by atoms with Crippen LogP contribution >= 0.6 is 27.5 Å². The molecule has 6 heteroatoms. The number of rotatable bonds is 6. The number of nitrogens with zero attached hydrogens (tertiary/aromatic N) is 3. The van der Waals surface area contributed by atoms with Crippen molar-refractivity contribution >= 4 is 27.5 Å². The van der Waals surface area contributed by atoms with Crippen LogP contribution in [0.5, 0.6) is 5.75 Å². The number of hydrogen-bond acceptors (Lipinski definition) is 3. The van der Waals surface area contributed by atoms with Gasteiger partial charge in [-0.15, -0.1) is 16.7 Å². The Kier molecular flexibility index (Phi) is 5.22. The van der Waals surface area contributed by atoms with Crippen molar-refractivity contribution < 1.29 is 4.74 Å². The number of alkyl halides is 1. The van der Waals surface area contributed by atoms with E-state index < -0.39 is 0 Å². The first-order valence-corrected chi connectivity index (χ1v) is 7.34. The number of aromatic nitrogens is 3. The van der Waals surface area contributed by atoms with Gasteiger partial charge in [0.2, 0.25) is 0 Å². The van der Waals surface area contributed by atoms with Crippen LogP contribution in [0.2, 0.25) is 0 Å². The third kappa shape index (κ3) is 4.21. The molecule has 0 fully saturated rings. The third-order valence-corrected chi connectivity index (χ3v) is 3.70. The van der Waals surface area contributed by atoms with Crippen LogP contribution in [0.25, 0.3) is 0 Å². The Hall–Kier alpha value is -1.07.